The van der Waals surface area contributed by atoms with Gasteiger partial charge in [0.1, 0.15) is 5.75 Å². The first kappa shape index (κ1) is 13.9. The Labute approximate surface area is 128 Å². The van der Waals surface area contributed by atoms with Crippen molar-refractivity contribution in [1.82, 2.24) is 4.98 Å². The van der Waals surface area contributed by atoms with E-state index in [2.05, 4.69) is 42.3 Å². The van der Waals surface area contributed by atoms with Crippen molar-refractivity contribution in [2.24, 2.45) is 0 Å². The zero-order valence-corrected chi connectivity index (χ0v) is 13.0. The average Bonchev–Trinajstić information content (AvgIpc) is 2.88. The summed E-state index contributed by atoms with van der Waals surface area (Å²) >= 11 is 1.67. The van der Waals surface area contributed by atoms with Gasteiger partial charge in [0, 0.05) is 5.69 Å². The molecule has 3 rings (SSSR count). The van der Waals surface area contributed by atoms with E-state index in [9.17, 15) is 0 Å². The van der Waals surface area contributed by atoms with E-state index >= 15 is 0 Å². The number of hydrogen-bond donors (Lipinski definition) is 1. The molecule has 0 aliphatic carbocycles. The second kappa shape index (κ2) is 6.14. The molecule has 0 amide bonds. The van der Waals surface area contributed by atoms with E-state index in [-0.39, 0.29) is 0 Å². The van der Waals surface area contributed by atoms with Gasteiger partial charge >= 0.3 is 0 Å². The number of nitrogens with zero attached hydrogens (tertiary/aromatic N) is 1. The van der Waals surface area contributed by atoms with Crippen LogP contribution in [-0.4, -0.2) is 11.6 Å². The van der Waals surface area contributed by atoms with Gasteiger partial charge in [-0.2, -0.15) is 0 Å². The van der Waals surface area contributed by atoms with E-state index in [0.29, 0.717) is 0 Å². The van der Waals surface area contributed by atoms with Gasteiger partial charge in [0.05, 0.1) is 16.8 Å². The van der Waals surface area contributed by atoms with Crippen molar-refractivity contribution in [2.45, 2.75) is 20.3 Å². The highest BCUT2D eigenvalue weighted by molar-refractivity contribution is 7.22. The van der Waals surface area contributed by atoms with Gasteiger partial charge in [0.25, 0.3) is 0 Å². The highest BCUT2D eigenvalue weighted by Gasteiger charge is 2.04. The van der Waals surface area contributed by atoms with E-state index < -0.39 is 0 Å². The standard InChI is InChI=1S/C17H18N2OS/c1-3-10-20-14-7-5-13(6-8-14)18-17-19-15-11-12(2)4-9-16(15)21-17/h4-9,11H,3,10H2,1-2H3,(H,18,19). The minimum Gasteiger partial charge on any atom is -0.494 e. The maximum atomic E-state index is 5.58. The molecule has 3 nitrogen and oxygen atoms in total. The average molecular weight is 298 g/mol. The molecule has 1 aromatic heterocycles. The monoisotopic (exact) mass is 298 g/mol. The van der Waals surface area contributed by atoms with Gasteiger partial charge in [-0.1, -0.05) is 24.3 Å². The van der Waals surface area contributed by atoms with Crippen LogP contribution in [0.1, 0.15) is 18.9 Å². The lowest BCUT2D eigenvalue weighted by atomic mass is 10.2. The van der Waals surface area contributed by atoms with Crippen LogP contribution in [-0.2, 0) is 0 Å². The molecule has 0 fully saturated rings. The minimum atomic E-state index is 0.754. The maximum absolute atomic E-state index is 5.58. The van der Waals surface area contributed by atoms with Crippen LogP contribution in [0.15, 0.2) is 42.5 Å². The van der Waals surface area contributed by atoms with Crippen LogP contribution in [0.5, 0.6) is 5.75 Å². The molecule has 0 spiro atoms. The summed E-state index contributed by atoms with van der Waals surface area (Å²) in [6.45, 7) is 4.94. The van der Waals surface area contributed by atoms with Gasteiger partial charge in [-0.15, -0.1) is 0 Å². The summed E-state index contributed by atoms with van der Waals surface area (Å²) in [7, 11) is 0. The quantitative estimate of drug-likeness (QED) is 0.708. The predicted octanol–water partition coefficient (Wildman–Crippen LogP) is 5.14. The van der Waals surface area contributed by atoms with Crippen LogP contribution < -0.4 is 10.1 Å². The van der Waals surface area contributed by atoms with Gasteiger partial charge in [0.2, 0.25) is 0 Å². The number of fused-ring (bicyclic) bond motifs is 1. The molecule has 0 aliphatic heterocycles. The largest absolute Gasteiger partial charge is 0.494 e. The highest BCUT2D eigenvalue weighted by Crippen LogP contribution is 2.29. The van der Waals surface area contributed by atoms with Crippen molar-refractivity contribution in [3.8, 4) is 5.75 Å². The number of aryl methyl sites for hydroxylation is 1. The third kappa shape index (κ3) is 3.34. The number of rotatable bonds is 5. The van der Waals surface area contributed by atoms with Gasteiger partial charge in [-0.25, -0.2) is 4.98 Å². The van der Waals surface area contributed by atoms with Gasteiger partial charge in [-0.05, 0) is 55.3 Å². The highest BCUT2D eigenvalue weighted by atomic mass is 32.1. The normalized spacial score (nSPS) is 10.8. The summed E-state index contributed by atoms with van der Waals surface area (Å²) in [4.78, 5) is 4.62. The zero-order valence-electron chi connectivity index (χ0n) is 12.2. The lowest BCUT2D eigenvalue weighted by Crippen LogP contribution is -1.95. The first-order valence-corrected chi connectivity index (χ1v) is 7.93. The van der Waals surface area contributed by atoms with E-state index in [1.165, 1.54) is 10.3 Å². The molecule has 3 aromatic rings. The summed E-state index contributed by atoms with van der Waals surface area (Å²) in [5.74, 6) is 0.905. The molecule has 0 aliphatic rings. The van der Waals surface area contributed by atoms with Gasteiger partial charge in [0.15, 0.2) is 5.13 Å². The molecule has 0 unspecified atom stereocenters. The van der Waals surface area contributed by atoms with Crippen LogP contribution in [0.25, 0.3) is 10.2 Å². The molecule has 0 saturated heterocycles. The van der Waals surface area contributed by atoms with E-state index in [1.54, 1.807) is 11.3 Å². The molecule has 4 heteroatoms. The number of thiazole rings is 1. The van der Waals surface area contributed by atoms with Gasteiger partial charge < -0.3 is 10.1 Å². The summed E-state index contributed by atoms with van der Waals surface area (Å²) in [5, 5.41) is 4.26. The topological polar surface area (TPSA) is 34.1 Å². The fourth-order valence-electron chi connectivity index (χ4n) is 2.07. The molecule has 1 N–H and O–H groups in total. The smallest absolute Gasteiger partial charge is 0.188 e. The predicted molar refractivity (Wildman–Crippen MR) is 89.9 cm³/mol. The molecule has 1 heterocycles. The minimum absolute atomic E-state index is 0.754. The van der Waals surface area contributed by atoms with Crippen molar-refractivity contribution in [3.63, 3.8) is 0 Å². The molecule has 108 valence electrons. The Morgan fingerprint density at radius 1 is 1.14 bits per heavy atom. The summed E-state index contributed by atoms with van der Waals surface area (Å²) < 4.78 is 6.78. The number of benzene rings is 2. The number of nitrogens with one attached hydrogen (secondary N) is 1. The van der Waals surface area contributed by atoms with Crippen LogP contribution >= 0.6 is 11.3 Å². The van der Waals surface area contributed by atoms with Crippen LogP contribution in [0.2, 0.25) is 0 Å². The second-order valence-electron chi connectivity index (χ2n) is 4.99. The van der Waals surface area contributed by atoms with Crippen LogP contribution in [0, 0.1) is 6.92 Å². The Morgan fingerprint density at radius 3 is 2.71 bits per heavy atom. The molecule has 2 aromatic carbocycles. The van der Waals surface area contributed by atoms with Crippen molar-refractivity contribution in [1.29, 1.82) is 0 Å². The molecular weight excluding hydrogens is 280 g/mol. The van der Waals surface area contributed by atoms with E-state index in [4.69, 9.17) is 4.74 Å². The molecule has 0 saturated carbocycles. The Kier molecular flexibility index (Phi) is 4.06. The Bertz CT molecular complexity index is 734. The number of hydrogen-bond acceptors (Lipinski definition) is 4. The third-order valence-corrected chi connectivity index (χ3v) is 4.07. The van der Waals surface area contributed by atoms with Crippen molar-refractivity contribution < 1.29 is 4.74 Å². The summed E-state index contributed by atoms with van der Waals surface area (Å²) in [6.07, 6.45) is 1.02. The first-order valence-electron chi connectivity index (χ1n) is 7.11. The lowest BCUT2D eigenvalue weighted by molar-refractivity contribution is 0.317. The van der Waals surface area contributed by atoms with Crippen LogP contribution in [0.3, 0.4) is 0 Å². The fraction of sp³-hybridized carbons (Fsp3) is 0.235. The lowest BCUT2D eigenvalue weighted by Gasteiger charge is -2.06. The van der Waals surface area contributed by atoms with E-state index in [1.807, 2.05) is 24.3 Å². The number of ether oxygens (including phenoxy) is 1. The van der Waals surface area contributed by atoms with Crippen molar-refractivity contribution in [3.05, 3.63) is 48.0 Å². The summed E-state index contributed by atoms with van der Waals surface area (Å²) in [5.41, 5.74) is 3.30. The Balaban J connectivity index is 1.75. The van der Waals surface area contributed by atoms with Crippen LogP contribution in [0.4, 0.5) is 10.8 Å². The fourth-order valence-corrected chi connectivity index (χ4v) is 2.94. The van der Waals surface area contributed by atoms with Gasteiger partial charge in [-0.3, -0.25) is 0 Å². The first-order chi connectivity index (χ1) is 10.2. The Morgan fingerprint density at radius 2 is 1.95 bits per heavy atom. The molecule has 21 heavy (non-hydrogen) atoms. The zero-order chi connectivity index (χ0) is 14.7. The second-order valence-corrected chi connectivity index (χ2v) is 6.02. The van der Waals surface area contributed by atoms with E-state index in [0.717, 1.165) is 35.1 Å². The molecule has 0 radical (unpaired) electrons. The maximum Gasteiger partial charge on any atom is 0.188 e. The van der Waals surface area contributed by atoms with Crippen molar-refractivity contribution in [2.75, 3.05) is 11.9 Å². The van der Waals surface area contributed by atoms with Crippen molar-refractivity contribution >= 4 is 32.4 Å². The molecular formula is C17H18N2OS. The molecule has 0 bridgehead atoms. The Hall–Kier alpha value is -2.07. The summed E-state index contributed by atoms with van der Waals surface area (Å²) in [6, 6.07) is 14.3. The SMILES string of the molecule is CCCOc1ccc(Nc2nc3cc(C)ccc3s2)cc1. The number of anilines is 2. The molecule has 0 atom stereocenters. The third-order valence-electron chi connectivity index (χ3n) is 3.12. The number of aromatic nitrogens is 1.